The first kappa shape index (κ1) is 16.2. The lowest BCUT2D eigenvalue weighted by molar-refractivity contribution is 0.0815. The summed E-state index contributed by atoms with van der Waals surface area (Å²) < 4.78 is 5.38. The number of rotatable bonds is 6. The van der Waals surface area contributed by atoms with Crippen LogP contribution in [0.15, 0.2) is 30.3 Å². The van der Waals surface area contributed by atoms with Crippen molar-refractivity contribution in [3.05, 3.63) is 35.9 Å². The number of carbonyl (C=O) groups is 1. The number of thioether (sulfide) groups is 1. The molecule has 5 heteroatoms. The largest absolute Gasteiger partial charge is 0.445 e. The smallest absolute Gasteiger partial charge is 0.410 e. The highest BCUT2D eigenvalue weighted by Gasteiger charge is 2.24. The molecule has 1 amide bonds. The van der Waals surface area contributed by atoms with Gasteiger partial charge in [0, 0.05) is 18.8 Å². The Morgan fingerprint density at radius 2 is 2.19 bits per heavy atom. The molecule has 0 spiro atoms. The summed E-state index contributed by atoms with van der Waals surface area (Å²) in [7, 11) is 0. The number of carbonyl (C=O) groups excluding carboxylic acids is 1. The lowest BCUT2D eigenvalue weighted by Gasteiger charge is -2.31. The topological polar surface area (TPSA) is 49.8 Å². The fourth-order valence-electron chi connectivity index (χ4n) is 2.49. The number of aliphatic hydroxyl groups is 1. The van der Waals surface area contributed by atoms with Gasteiger partial charge >= 0.3 is 6.09 Å². The molecule has 0 aromatic heterocycles. The van der Waals surface area contributed by atoms with Gasteiger partial charge in [-0.2, -0.15) is 11.8 Å². The molecule has 1 heterocycles. The van der Waals surface area contributed by atoms with Crippen molar-refractivity contribution in [2.45, 2.75) is 19.4 Å². The van der Waals surface area contributed by atoms with E-state index in [4.69, 9.17) is 9.84 Å². The van der Waals surface area contributed by atoms with Gasteiger partial charge in [-0.25, -0.2) is 4.79 Å². The average molecular weight is 309 g/mol. The third-order valence-electron chi connectivity index (χ3n) is 3.57. The van der Waals surface area contributed by atoms with Gasteiger partial charge in [-0.1, -0.05) is 30.3 Å². The zero-order valence-electron chi connectivity index (χ0n) is 12.2. The first-order valence-corrected chi connectivity index (χ1v) is 8.59. The second-order valence-electron chi connectivity index (χ2n) is 5.29. The zero-order chi connectivity index (χ0) is 14.9. The van der Waals surface area contributed by atoms with E-state index in [9.17, 15) is 4.79 Å². The first-order chi connectivity index (χ1) is 10.3. The minimum absolute atomic E-state index is 0.212. The summed E-state index contributed by atoms with van der Waals surface area (Å²) in [4.78, 5) is 13.9. The number of ether oxygens (including phenoxy) is 1. The molecular formula is C16H23NO3S. The molecule has 1 fully saturated rings. The van der Waals surface area contributed by atoms with Crippen molar-refractivity contribution in [1.29, 1.82) is 0 Å². The van der Waals surface area contributed by atoms with Crippen LogP contribution in [0.4, 0.5) is 4.79 Å². The molecule has 1 aromatic rings. The van der Waals surface area contributed by atoms with Crippen molar-refractivity contribution in [2.75, 3.05) is 31.2 Å². The second-order valence-corrected chi connectivity index (χ2v) is 6.44. The second kappa shape index (κ2) is 8.95. The minimum atomic E-state index is -0.212. The van der Waals surface area contributed by atoms with E-state index in [-0.39, 0.29) is 12.7 Å². The molecule has 4 nitrogen and oxygen atoms in total. The molecule has 1 unspecified atom stereocenters. The van der Waals surface area contributed by atoms with Crippen LogP contribution in [-0.2, 0) is 11.3 Å². The van der Waals surface area contributed by atoms with Crippen LogP contribution in [0, 0.1) is 5.92 Å². The third-order valence-corrected chi connectivity index (χ3v) is 4.75. The molecule has 1 atom stereocenters. The predicted octanol–water partition coefficient (Wildman–Crippen LogP) is 2.76. The standard InChI is InChI=1S/C16H23NO3S/c18-9-10-21-13-15-7-4-8-17(11-15)16(19)20-12-14-5-2-1-3-6-14/h1-3,5-6,15,18H,4,7-13H2. The Hall–Kier alpha value is -1.20. The maximum atomic E-state index is 12.1. The molecule has 2 rings (SSSR count). The van der Waals surface area contributed by atoms with Crippen LogP contribution in [0.25, 0.3) is 0 Å². The van der Waals surface area contributed by atoms with Crippen molar-refractivity contribution in [3.8, 4) is 0 Å². The van der Waals surface area contributed by atoms with E-state index < -0.39 is 0 Å². The lowest BCUT2D eigenvalue weighted by Crippen LogP contribution is -2.40. The Morgan fingerprint density at radius 3 is 2.95 bits per heavy atom. The fourth-order valence-corrected chi connectivity index (χ4v) is 3.39. The molecule has 0 radical (unpaired) electrons. The van der Waals surface area contributed by atoms with E-state index in [2.05, 4.69) is 0 Å². The highest BCUT2D eigenvalue weighted by molar-refractivity contribution is 7.99. The van der Waals surface area contributed by atoms with Crippen LogP contribution in [0.2, 0.25) is 0 Å². The number of nitrogens with zero attached hydrogens (tertiary/aromatic N) is 1. The lowest BCUT2D eigenvalue weighted by atomic mass is 10.0. The maximum Gasteiger partial charge on any atom is 0.410 e. The van der Waals surface area contributed by atoms with Gasteiger partial charge in [0.2, 0.25) is 0 Å². The molecule has 1 aromatic carbocycles. The van der Waals surface area contributed by atoms with E-state index in [1.165, 1.54) is 0 Å². The molecule has 0 aliphatic carbocycles. The number of hydrogen-bond donors (Lipinski definition) is 1. The molecular weight excluding hydrogens is 286 g/mol. The fraction of sp³-hybridized carbons (Fsp3) is 0.562. The van der Waals surface area contributed by atoms with Gasteiger partial charge in [-0.05, 0) is 30.1 Å². The van der Waals surface area contributed by atoms with E-state index >= 15 is 0 Å². The first-order valence-electron chi connectivity index (χ1n) is 7.44. The number of aliphatic hydroxyl groups excluding tert-OH is 1. The molecule has 116 valence electrons. The van der Waals surface area contributed by atoms with Gasteiger partial charge in [0.1, 0.15) is 6.61 Å². The van der Waals surface area contributed by atoms with Crippen molar-refractivity contribution in [3.63, 3.8) is 0 Å². The van der Waals surface area contributed by atoms with E-state index in [1.807, 2.05) is 35.2 Å². The van der Waals surface area contributed by atoms with E-state index in [0.717, 1.165) is 43.0 Å². The number of likely N-dealkylation sites (tertiary alicyclic amines) is 1. The Labute approximate surface area is 130 Å². The normalized spacial score (nSPS) is 18.5. The molecule has 21 heavy (non-hydrogen) atoms. The Kier molecular flexibility index (Phi) is 6.89. The van der Waals surface area contributed by atoms with Crippen molar-refractivity contribution >= 4 is 17.9 Å². The summed E-state index contributed by atoms with van der Waals surface area (Å²) in [6, 6.07) is 9.75. The van der Waals surface area contributed by atoms with Crippen LogP contribution in [-0.4, -0.2) is 47.3 Å². The van der Waals surface area contributed by atoms with Gasteiger partial charge in [0.05, 0.1) is 6.61 Å². The molecule has 1 aliphatic rings. The number of piperidine rings is 1. The van der Waals surface area contributed by atoms with Gasteiger partial charge in [-0.15, -0.1) is 0 Å². The summed E-state index contributed by atoms with van der Waals surface area (Å²) in [6.45, 7) is 2.11. The van der Waals surface area contributed by atoms with Crippen LogP contribution < -0.4 is 0 Å². The Bertz CT molecular complexity index is 427. The Morgan fingerprint density at radius 1 is 1.38 bits per heavy atom. The summed E-state index contributed by atoms with van der Waals surface area (Å²) >= 11 is 1.75. The summed E-state index contributed by atoms with van der Waals surface area (Å²) in [5.41, 5.74) is 1.01. The average Bonchev–Trinajstić information content (AvgIpc) is 2.54. The van der Waals surface area contributed by atoms with Gasteiger partial charge in [-0.3, -0.25) is 0 Å². The Balaban J connectivity index is 1.74. The number of amides is 1. The summed E-state index contributed by atoms with van der Waals surface area (Å²) in [5, 5.41) is 8.81. The van der Waals surface area contributed by atoms with Crippen molar-refractivity contribution in [1.82, 2.24) is 4.90 Å². The highest BCUT2D eigenvalue weighted by atomic mass is 32.2. The predicted molar refractivity (Wildman–Crippen MR) is 85.3 cm³/mol. The SMILES string of the molecule is O=C(OCc1ccccc1)N1CCCC(CSCCO)C1. The van der Waals surface area contributed by atoms with Crippen molar-refractivity contribution < 1.29 is 14.6 Å². The van der Waals surface area contributed by atoms with Crippen LogP contribution in [0.3, 0.4) is 0 Å². The van der Waals surface area contributed by atoms with Gasteiger partial charge in [0.15, 0.2) is 0 Å². The number of benzene rings is 1. The van der Waals surface area contributed by atoms with E-state index in [0.29, 0.717) is 12.5 Å². The zero-order valence-corrected chi connectivity index (χ0v) is 13.1. The summed E-state index contributed by atoms with van der Waals surface area (Å²) in [5.74, 6) is 2.29. The quantitative estimate of drug-likeness (QED) is 0.821. The van der Waals surface area contributed by atoms with Crippen molar-refractivity contribution in [2.24, 2.45) is 5.92 Å². The maximum absolute atomic E-state index is 12.1. The van der Waals surface area contributed by atoms with Crippen LogP contribution >= 0.6 is 11.8 Å². The van der Waals surface area contributed by atoms with Crippen LogP contribution in [0.1, 0.15) is 18.4 Å². The van der Waals surface area contributed by atoms with E-state index in [1.54, 1.807) is 11.8 Å². The number of hydrogen-bond acceptors (Lipinski definition) is 4. The molecule has 0 bridgehead atoms. The molecule has 1 aliphatic heterocycles. The molecule has 0 saturated carbocycles. The van der Waals surface area contributed by atoms with Gasteiger partial charge < -0.3 is 14.7 Å². The molecule has 1 saturated heterocycles. The monoisotopic (exact) mass is 309 g/mol. The minimum Gasteiger partial charge on any atom is -0.445 e. The third kappa shape index (κ3) is 5.59. The highest BCUT2D eigenvalue weighted by Crippen LogP contribution is 2.21. The summed E-state index contributed by atoms with van der Waals surface area (Å²) in [6.07, 6.45) is 1.97. The van der Waals surface area contributed by atoms with Crippen LogP contribution in [0.5, 0.6) is 0 Å². The van der Waals surface area contributed by atoms with Gasteiger partial charge in [0.25, 0.3) is 0 Å². The molecule has 1 N–H and O–H groups in total.